The molecule has 1 amide bonds. The highest BCUT2D eigenvalue weighted by atomic mass is 16.3. The van der Waals surface area contributed by atoms with E-state index < -0.39 is 0 Å². The molecule has 0 radical (unpaired) electrons. The van der Waals surface area contributed by atoms with Crippen LogP contribution in [0.15, 0.2) is 23.8 Å². The summed E-state index contributed by atoms with van der Waals surface area (Å²) in [4.78, 5) is 25.6. The van der Waals surface area contributed by atoms with Gasteiger partial charge in [-0.3, -0.25) is 9.59 Å². The van der Waals surface area contributed by atoms with Crippen molar-refractivity contribution in [2.75, 3.05) is 14.1 Å². The first-order valence-electron chi connectivity index (χ1n) is 11.6. The average molecular weight is 404 g/mol. The number of aliphatic hydroxyl groups excluding tert-OH is 1. The molecular weight excluding hydrogens is 362 g/mol. The van der Waals surface area contributed by atoms with Crippen LogP contribution in [-0.2, 0) is 9.59 Å². The van der Waals surface area contributed by atoms with Crippen molar-refractivity contribution in [3.05, 3.63) is 23.8 Å². The zero-order chi connectivity index (χ0) is 21.4. The lowest BCUT2D eigenvalue weighted by molar-refractivity contribution is -0.128. The van der Waals surface area contributed by atoms with Gasteiger partial charge in [-0.1, -0.05) is 50.8 Å². The number of rotatable bonds is 12. The Bertz CT molecular complexity index is 607. The smallest absolute Gasteiger partial charge is 0.222 e. The van der Waals surface area contributed by atoms with E-state index in [4.69, 9.17) is 0 Å². The molecule has 0 spiro atoms. The van der Waals surface area contributed by atoms with Gasteiger partial charge in [-0.15, -0.1) is 0 Å². The Kier molecular flexibility index (Phi) is 9.61. The van der Waals surface area contributed by atoms with Crippen LogP contribution in [-0.4, -0.2) is 41.9 Å². The first kappa shape index (κ1) is 23.9. The van der Waals surface area contributed by atoms with Gasteiger partial charge in [0.25, 0.3) is 0 Å². The summed E-state index contributed by atoms with van der Waals surface area (Å²) in [5.41, 5.74) is 1.47. The maximum Gasteiger partial charge on any atom is 0.222 e. The van der Waals surface area contributed by atoms with Crippen LogP contribution in [0.1, 0.15) is 78.1 Å². The number of unbranched alkanes of at least 4 members (excludes halogenated alkanes) is 2. The third-order valence-electron chi connectivity index (χ3n) is 6.69. The molecule has 0 heterocycles. The summed E-state index contributed by atoms with van der Waals surface area (Å²) in [6.07, 6.45) is 15.3. The van der Waals surface area contributed by atoms with Gasteiger partial charge in [-0.05, 0) is 55.9 Å². The molecule has 0 aliphatic heterocycles. The third kappa shape index (κ3) is 7.40. The molecule has 0 unspecified atom stereocenters. The summed E-state index contributed by atoms with van der Waals surface area (Å²) >= 11 is 0. The molecule has 0 bridgehead atoms. The number of aliphatic hydroxyl groups is 1. The molecule has 0 aromatic heterocycles. The molecule has 1 fully saturated rings. The summed E-state index contributed by atoms with van der Waals surface area (Å²) in [6.45, 7) is 4.33. The van der Waals surface area contributed by atoms with Gasteiger partial charge < -0.3 is 10.0 Å². The lowest BCUT2D eigenvalue weighted by Gasteiger charge is -2.18. The molecule has 2 aliphatic carbocycles. The maximum atomic E-state index is 12.3. The molecule has 0 aromatic carbocycles. The summed E-state index contributed by atoms with van der Waals surface area (Å²) in [5, 5.41) is 10.5. The molecule has 2 aliphatic rings. The van der Waals surface area contributed by atoms with Crippen LogP contribution < -0.4 is 0 Å². The Balaban J connectivity index is 1.77. The van der Waals surface area contributed by atoms with E-state index >= 15 is 0 Å². The van der Waals surface area contributed by atoms with E-state index in [1.54, 1.807) is 25.1 Å². The number of allylic oxidation sites excluding steroid dienone is 3. The quantitative estimate of drug-likeness (QED) is 0.286. The van der Waals surface area contributed by atoms with Crippen molar-refractivity contribution in [3.63, 3.8) is 0 Å². The largest absolute Gasteiger partial charge is 0.392 e. The predicted octanol–water partition coefficient (Wildman–Crippen LogP) is 4.92. The number of fused-ring (bicyclic) bond motifs is 1. The molecule has 0 saturated heterocycles. The SMILES string of the molecule is CCCC[C@@H](C)CC(=O)/C=C/[C@@H]1[C@H]2CC(CCCCC(=O)N(C)C)=C[C@H]2C[C@H]1O. The molecule has 4 nitrogen and oxygen atoms in total. The highest BCUT2D eigenvalue weighted by Gasteiger charge is 2.43. The van der Waals surface area contributed by atoms with Crippen molar-refractivity contribution in [3.8, 4) is 0 Å². The molecule has 164 valence electrons. The second-order valence-corrected chi connectivity index (χ2v) is 9.51. The fourth-order valence-corrected chi connectivity index (χ4v) is 4.93. The normalized spacial score (nSPS) is 27.1. The third-order valence-corrected chi connectivity index (χ3v) is 6.69. The molecule has 1 saturated carbocycles. The minimum Gasteiger partial charge on any atom is -0.392 e. The van der Waals surface area contributed by atoms with E-state index in [-0.39, 0.29) is 23.7 Å². The van der Waals surface area contributed by atoms with Gasteiger partial charge in [0.15, 0.2) is 5.78 Å². The second-order valence-electron chi connectivity index (χ2n) is 9.51. The topological polar surface area (TPSA) is 57.6 Å². The first-order valence-corrected chi connectivity index (χ1v) is 11.6. The maximum absolute atomic E-state index is 12.3. The lowest BCUT2D eigenvalue weighted by atomic mass is 9.88. The van der Waals surface area contributed by atoms with Crippen LogP contribution in [0, 0.1) is 23.7 Å². The summed E-state index contributed by atoms with van der Waals surface area (Å²) in [6, 6.07) is 0. The van der Waals surface area contributed by atoms with Crippen molar-refractivity contribution in [1.29, 1.82) is 0 Å². The van der Waals surface area contributed by atoms with Gasteiger partial charge in [0.05, 0.1) is 6.10 Å². The Morgan fingerprint density at radius 3 is 2.72 bits per heavy atom. The van der Waals surface area contributed by atoms with E-state index in [9.17, 15) is 14.7 Å². The van der Waals surface area contributed by atoms with Gasteiger partial charge >= 0.3 is 0 Å². The van der Waals surface area contributed by atoms with Gasteiger partial charge in [0.1, 0.15) is 0 Å². The van der Waals surface area contributed by atoms with E-state index in [1.807, 2.05) is 6.08 Å². The highest BCUT2D eigenvalue weighted by Crippen LogP contribution is 2.48. The average Bonchev–Trinajstić information content (AvgIpc) is 3.17. The fraction of sp³-hybridized carbons (Fsp3) is 0.760. The lowest BCUT2D eigenvalue weighted by Crippen LogP contribution is -2.21. The molecule has 1 N–H and O–H groups in total. The van der Waals surface area contributed by atoms with E-state index in [2.05, 4.69) is 19.9 Å². The van der Waals surface area contributed by atoms with Crippen LogP contribution >= 0.6 is 0 Å². The van der Waals surface area contributed by atoms with Crippen molar-refractivity contribution in [2.45, 2.75) is 84.2 Å². The number of hydrogen-bond acceptors (Lipinski definition) is 3. The van der Waals surface area contributed by atoms with Crippen LogP contribution in [0.4, 0.5) is 0 Å². The molecule has 4 heteroatoms. The number of carbonyl (C=O) groups is 2. The number of carbonyl (C=O) groups excluding carboxylic acids is 2. The van der Waals surface area contributed by atoms with Crippen LogP contribution in [0.3, 0.4) is 0 Å². The minimum atomic E-state index is -0.331. The monoisotopic (exact) mass is 403 g/mol. The molecule has 29 heavy (non-hydrogen) atoms. The van der Waals surface area contributed by atoms with Crippen LogP contribution in [0.2, 0.25) is 0 Å². The summed E-state index contributed by atoms with van der Waals surface area (Å²) in [5.74, 6) is 1.80. The Hall–Kier alpha value is -1.42. The van der Waals surface area contributed by atoms with Gasteiger partial charge in [-0.2, -0.15) is 0 Å². The zero-order valence-corrected chi connectivity index (χ0v) is 18.9. The fourth-order valence-electron chi connectivity index (χ4n) is 4.93. The summed E-state index contributed by atoms with van der Waals surface area (Å²) < 4.78 is 0. The number of ketones is 1. The predicted molar refractivity (Wildman–Crippen MR) is 118 cm³/mol. The Morgan fingerprint density at radius 2 is 2.03 bits per heavy atom. The summed E-state index contributed by atoms with van der Waals surface area (Å²) in [7, 11) is 3.61. The minimum absolute atomic E-state index is 0.0963. The van der Waals surface area contributed by atoms with Crippen LogP contribution in [0.5, 0.6) is 0 Å². The van der Waals surface area contributed by atoms with Gasteiger partial charge in [0, 0.05) is 32.9 Å². The van der Waals surface area contributed by atoms with Crippen LogP contribution in [0.25, 0.3) is 0 Å². The highest BCUT2D eigenvalue weighted by molar-refractivity contribution is 5.89. The molecule has 2 rings (SSSR count). The Morgan fingerprint density at radius 1 is 1.28 bits per heavy atom. The number of amides is 1. The first-order chi connectivity index (χ1) is 13.8. The Labute approximate surface area is 177 Å². The van der Waals surface area contributed by atoms with Crippen molar-refractivity contribution < 1.29 is 14.7 Å². The molecule has 0 aromatic rings. The number of hydrogen-bond donors (Lipinski definition) is 1. The van der Waals surface area contributed by atoms with E-state index in [0.29, 0.717) is 30.6 Å². The van der Waals surface area contributed by atoms with E-state index in [0.717, 1.165) is 38.5 Å². The van der Waals surface area contributed by atoms with Crippen molar-refractivity contribution in [1.82, 2.24) is 4.90 Å². The van der Waals surface area contributed by atoms with Crippen molar-refractivity contribution in [2.24, 2.45) is 23.7 Å². The second kappa shape index (κ2) is 11.7. The van der Waals surface area contributed by atoms with Crippen molar-refractivity contribution >= 4 is 11.7 Å². The standard InChI is InChI=1S/C25H41NO3/c1-5-6-9-18(2)14-21(27)12-13-22-23-16-19(15-20(23)17-24(22)28)10-7-8-11-25(29)26(3)4/h12-13,15,18,20,22-24,28H,5-11,14,16-17H2,1-4H3/b13-12+/t18-,20+,22-,23+,24-/m1/s1. The van der Waals surface area contributed by atoms with E-state index in [1.165, 1.54) is 18.4 Å². The zero-order valence-electron chi connectivity index (χ0n) is 18.9. The number of nitrogens with zero attached hydrogens (tertiary/aromatic N) is 1. The van der Waals surface area contributed by atoms with Gasteiger partial charge in [-0.25, -0.2) is 0 Å². The molecular formula is C25H41NO3. The molecule has 5 atom stereocenters. The van der Waals surface area contributed by atoms with Gasteiger partial charge in [0.2, 0.25) is 5.91 Å².